The fraction of sp³-hybridized carbons (Fsp3) is 0. The second-order valence-corrected chi connectivity index (χ2v) is 2.91. The highest BCUT2D eigenvalue weighted by Crippen LogP contribution is 2.23. The molecule has 0 fully saturated rings. The molecule has 0 aromatic heterocycles. The maximum absolute atomic E-state index is 9.93. The standard InChI is InChI=1S/C8H5Cl2NO/c9-6-3-7(10)5-8(4-6)11-1-2-12/h1-5H. The van der Waals surface area contributed by atoms with Crippen LogP contribution < -0.4 is 0 Å². The van der Waals surface area contributed by atoms with Crippen LogP contribution in [0.4, 0.5) is 5.69 Å². The van der Waals surface area contributed by atoms with Crippen molar-refractivity contribution in [2.24, 2.45) is 4.99 Å². The first-order valence-corrected chi connectivity index (χ1v) is 3.92. The molecule has 12 heavy (non-hydrogen) atoms. The van der Waals surface area contributed by atoms with Gasteiger partial charge in [0.1, 0.15) is 0 Å². The van der Waals surface area contributed by atoms with Crippen LogP contribution in [0.15, 0.2) is 23.2 Å². The van der Waals surface area contributed by atoms with E-state index in [-0.39, 0.29) is 0 Å². The third kappa shape index (κ3) is 2.64. The van der Waals surface area contributed by atoms with E-state index in [1.165, 1.54) is 0 Å². The maximum atomic E-state index is 9.93. The molecule has 0 aliphatic carbocycles. The van der Waals surface area contributed by atoms with E-state index < -0.39 is 0 Å². The van der Waals surface area contributed by atoms with Gasteiger partial charge in [0.25, 0.3) is 0 Å². The van der Waals surface area contributed by atoms with Crippen LogP contribution in [0.2, 0.25) is 10.0 Å². The predicted octanol–water partition coefficient (Wildman–Crippen LogP) is 2.89. The van der Waals surface area contributed by atoms with Gasteiger partial charge in [-0.25, -0.2) is 0 Å². The van der Waals surface area contributed by atoms with Crippen molar-refractivity contribution in [3.63, 3.8) is 0 Å². The summed E-state index contributed by atoms with van der Waals surface area (Å²) < 4.78 is 0. The van der Waals surface area contributed by atoms with Gasteiger partial charge in [-0.15, -0.1) is 0 Å². The van der Waals surface area contributed by atoms with Gasteiger partial charge in [0.05, 0.1) is 11.9 Å². The van der Waals surface area contributed by atoms with Crippen LogP contribution in [-0.4, -0.2) is 12.5 Å². The summed E-state index contributed by atoms with van der Waals surface area (Å²) in [5.74, 6) is 0. The monoisotopic (exact) mass is 201 g/mol. The Bertz CT molecular complexity index is 303. The zero-order valence-electron chi connectivity index (χ0n) is 6.00. The quantitative estimate of drug-likeness (QED) is 0.535. The lowest BCUT2D eigenvalue weighted by molar-refractivity contribution is -0.102. The zero-order valence-corrected chi connectivity index (χ0v) is 7.51. The summed E-state index contributed by atoms with van der Waals surface area (Å²) >= 11 is 11.4. The second-order valence-electron chi connectivity index (χ2n) is 2.04. The third-order valence-corrected chi connectivity index (χ3v) is 1.57. The molecule has 0 saturated carbocycles. The molecule has 0 bridgehead atoms. The van der Waals surface area contributed by atoms with Crippen LogP contribution in [0.5, 0.6) is 0 Å². The van der Waals surface area contributed by atoms with Crippen LogP contribution >= 0.6 is 23.2 Å². The number of aliphatic imine (C=N–C) groups is 1. The highest BCUT2D eigenvalue weighted by atomic mass is 35.5. The molecule has 0 saturated heterocycles. The van der Waals surface area contributed by atoms with Crippen LogP contribution in [0.1, 0.15) is 0 Å². The minimum absolute atomic E-state index is 0.501. The summed E-state index contributed by atoms with van der Waals surface area (Å²) in [7, 11) is 0. The number of halogens is 2. The number of carbonyl (C=O) groups excluding carboxylic acids is 1. The molecule has 0 radical (unpaired) electrons. The van der Waals surface area contributed by atoms with Crippen molar-refractivity contribution in [1.29, 1.82) is 0 Å². The van der Waals surface area contributed by atoms with Crippen LogP contribution in [0.3, 0.4) is 0 Å². The molecule has 4 heteroatoms. The van der Waals surface area contributed by atoms with E-state index >= 15 is 0 Å². The molecule has 62 valence electrons. The van der Waals surface area contributed by atoms with Gasteiger partial charge in [-0.1, -0.05) is 23.2 Å². The van der Waals surface area contributed by atoms with E-state index in [1.54, 1.807) is 18.2 Å². The Hall–Kier alpha value is -0.860. The molecule has 1 rings (SSSR count). The van der Waals surface area contributed by atoms with Gasteiger partial charge < -0.3 is 0 Å². The Morgan fingerprint density at radius 3 is 2.25 bits per heavy atom. The lowest BCUT2D eigenvalue weighted by atomic mass is 10.3. The van der Waals surface area contributed by atoms with E-state index in [0.29, 0.717) is 22.0 Å². The maximum Gasteiger partial charge on any atom is 0.161 e. The van der Waals surface area contributed by atoms with E-state index in [4.69, 9.17) is 23.2 Å². The lowest BCUT2D eigenvalue weighted by Gasteiger charge is -1.94. The van der Waals surface area contributed by atoms with Crippen molar-refractivity contribution in [2.45, 2.75) is 0 Å². The Morgan fingerprint density at radius 1 is 1.17 bits per heavy atom. The summed E-state index contributed by atoms with van der Waals surface area (Å²) in [6, 6.07) is 4.84. The predicted molar refractivity (Wildman–Crippen MR) is 50.7 cm³/mol. The molecule has 0 spiro atoms. The minimum atomic E-state index is 0.501. The zero-order chi connectivity index (χ0) is 8.97. The number of hydrogen-bond acceptors (Lipinski definition) is 2. The number of aldehydes is 1. The summed E-state index contributed by atoms with van der Waals surface area (Å²) in [5.41, 5.74) is 0.569. The Balaban J connectivity index is 3.00. The molecule has 0 heterocycles. The first-order valence-electron chi connectivity index (χ1n) is 3.16. The fourth-order valence-electron chi connectivity index (χ4n) is 0.730. The summed E-state index contributed by atoms with van der Waals surface area (Å²) in [5, 5.41) is 1.00. The van der Waals surface area contributed by atoms with Gasteiger partial charge in [-0.3, -0.25) is 9.79 Å². The third-order valence-electron chi connectivity index (χ3n) is 1.13. The highest BCUT2D eigenvalue weighted by Gasteiger charge is 1.94. The molecular formula is C8H5Cl2NO. The molecule has 0 aliphatic rings. The van der Waals surface area contributed by atoms with Crippen LogP contribution in [0.25, 0.3) is 0 Å². The van der Waals surface area contributed by atoms with E-state index in [9.17, 15) is 4.79 Å². The average Bonchev–Trinajstić information content (AvgIpc) is 1.99. The topological polar surface area (TPSA) is 29.4 Å². The number of hydrogen-bond donors (Lipinski definition) is 0. The van der Waals surface area contributed by atoms with E-state index in [2.05, 4.69) is 4.99 Å². The molecule has 0 atom stereocenters. The molecule has 2 nitrogen and oxygen atoms in total. The molecular weight excluding hydrogens is 197 g/mol. The SMILES string of the molecule is O=CC=Nc1cc(Cl)cc(Cl)c1. The fourth-order valence-corrected chi connectivity index (χ4v) is 1.24. The summed E-state index contributed by atoms with van der Waals surface area (Å²) in [4.78, 5) is 13.7. The number of rotatable bonds is 2. The van der Waals surface area contributed by atoms with E-state index in [0.717, 1.165) is 6.21 Å². The summed E-state index contributed by atoms with van der Waals surface area (Å²) in [6.07, 6.45) is 1.73. The van der Waals surface area contributed by atoms with Gasteiger partial charge in [0.2, 0.25) is 0 Å². The van der Waals surface area contributed by atoms with Crippen molar-refractivity contribution in [3.8, 4) is 0 Å². The first kappa shape index (κ1) is 9.23. The molecule has 0 N–H and O–H groups in total. The number of benzene rings is 1. The van der Waals surface area contributed by atoms with Gasteiger partial charge in [-0.2, -0.15) is 0 Å². The molecule has 0 unspecified atom stereocenters. The number of nitrogens with zero attached hydrogens (tertiary/aromatic N) is 1. The normalized spacial score (nSPS) is 10.5. The van der Waals surface area contributed by atoms with Crippen molar-refractivity contribution in [2.75, 3.05) is 0 Å². The minimum Gasteiger partial charge on any atom is -0.297 e. The van der Waals surface area contributed by atoms with Crippen molar-refractivity contribution < 1.29 is 4.79 Å². The summed E-state index contributed by atoms with van der Waals surface area (Å²) in [6.45, 7) is 0. The van der Waals surface area contributed by atoms with Crippen molar-refractivity contribution >= 4 is 41.4 Å². The highest BCUT2D eigenvalue weighted by molar-refractivity contribution is 6.35. The van der Waals surface area contributed by atoms with Crippen molar-refractivity contribution in [3.05, 3.63) is 28.2 Å². The first-order chi connectivity index (χ1) is 5.72. The molecule has 0 aliphatic heterocycles. The largest absolute Gasteiger partial charge is 0.297 e. The van der Waals surface area contributed by atoms with Gasteiger partial charge in [0, 0.05) is 10.0 Å². The second kappa shape index (κ2) is 4.24. The Labute approximate surface area is 79.8 Å². The lowest BCUT2D eigenvalue weighted by Crippen LogP contribution is -1.73. The number of carbonyl (C=O) groups is 1. The van der Waals surface area contributed by atoms with Gasteiger partial charge in [-0.05, 0) is 18.2 Å². The smallest absolute Gasteiger partial charge is 0.161 e. The van der Waals surface area contributed by atoms with Gasteiger partial charge in [0.15, 0.2) is 6.29 Å². The molecule has 0 amide bonds. The average molecular weight is 202 g/mol. The van der Waals surface area contributed by atoms with Crippen LogP contribution in [-0.2, 0) is 4.79 Å². The van der Waals surface area contributed by atoms with Crippen molar-refractivity contribution in [1.82, 2.24) is 0 Å². The molecule has 1 aromatic rings. The van der Waals surface area contributed by atoms with Gasteiger partial charge >= 0.3 is 0 Å². The van der Waals surface area contributed by atoms with Crippen LogP contribution in [0, 0.1) is 0 Å². The molecule has 1 aromatic carbocycles. The Morgan fingerprint density at radius 2 is 1.75 bits per heavy atom. The Kier molecular flexibility index (Phi) is 3.26. The van der Waals surface area contributed by atoms with E-state index in [1.807, 2.05) is 0 Å².